The van der Waals surface area contributed by atoms with Crippen molar-refractivity contribution in [3.8, 4) is 11.5 Å². The van der Waals surface area contributed by atoms with Crippen LogP contribution in [0, 0.1) is 0 Å². The zero-order chi connectivity index (χ0) is 35.5. The lowest BCUT2D eigenvalue weighted by Crippen LogP contribution is -2.43. The molecule has 11 nitrogen and oxygen atoms in total. The fraction of sp³-hybridized carbons (Fsp3) is 0.200. The van der Waals surface area contributed by atoms with Crippen LogP contribution in [0.1, 0.15) is 48.6 Å². The fourth-order valence-corrected chi connectivity index (χ4v) is 5.54. The maximum Gasteiger partial charge on any atom is 0.328 e. The number of halogens is 4. The van der Waals surface area contributed by atoms with E-state index in [4.69, 9.17) is 50.0 Å². The van der Waals surface area contributed by atoms with Crippen LogP contribution in [-0.2, 0) is 22.5 Å². The first-order valence-electron chi connectivity index (χ1n) is 15.0. The van der Waals surface area contributed by atoms with Gasteiger partial charge in [0.15, 0.2) is 0 Å². The van der Waals surface area contributed by atoms with Crippen molar-refractivity contribution in [3.05, 3.63) is 122 Å². The Labute approximate surface area is 309 Å². The average molecular weight is 764 g/mol. The van der Waals surface area contributed by atoms with Gasteiger partial charge in [0.1, 0.15) is 17.5 Å². The number of amides is 3. The number of esters is 1. The van der Waals surface area contributed by atoms with Gasteiger partial charge in [0.05, 0.1) is 39.9 Å². The Morgan fingerprint density at radius 1 is 0.840 bits per heavy atom. The van der Waals surface area contributed by atoms with Crippen molar-refractivity contribution >= 4 is 76.6 Å². The van der Waals surface area contributed by atoms with Gasteiger partial charge in [0, 0.05) is 24.2 Å². The van der Waals surface area contributed by atoms with Crippen molar-refractivity contribution in [1.29, 1.82) is 0 Å². The number of phenolic OH excluding ortho intramolecular Hbond substituents is 1. The molecule has 50 heavy (non-hydrogen) atoms. The second-order valence-corrected chi connectivity index (χ2v) is 11.9. The van der Waals surface area contributed by atoms with Gasteiger partial charge in [0.25, 0.3) is 17.7 Å². The minimum atomic E-state index is -1.08. The number of hydrogen-bond acceptors (Lipinski definition) is 8. The number of aromatic hydroxyl groups is 1. The summed E-state index contributed by atoms with van der Waals surface area (Å²) >= 11 is 19.0. The van der Waals surface area contributed by atoms with E-state index in [-0.39, 0.29) is 62.9 Å². The molecule has 264 valence electrons. The van der Waals surface area contributed by atoms with E-state index in [9.17, 15) is 24.3 Å². The van der Waals surface area contributed by atoms with Crippen LogP contribution in [0.4, 0.5) is 5.69 Å². The van der Waals surface area contributed by atoms with Gasteiger partial charge in [-0.15, -0.1) is 12.4 Å². The molecule has 0 bridgehead atoms. The molecule has 15 heteroatoms. The molecule has 0 aliphatic carbocycles. The molecule has 0 fully saturated rings. The maximum absolute atomic E-state index is 13.2. The van der Waals surface area contributed by atoms with Crippen LogP contribution in [0.2, 0.25) is 15.1 Å². The van der Waals surface area contributed by atoms with Crippen molar-refractivity contribution in [2.75, 3.05) is 25.6 Å². The van der Waals surface area contributed by atoms with E-state index < -0.39 is 29.7 Å². The summed E-state index contributed by atoms with van der Waals surface area (Å²) in [7, 11) is 1.20. The number of hydrogen-bond donors (Lipinski definition) is 5. The predicted molar refractivity (Wildman–Crippen MR) is 195 cm³/mol. The Morgan fingerprint density at radius 2 is 1.54 bits per heavy atom. The number of anilines is 1. The van der Waals surface area contributed by atoms with Gasteiger partial charge in [-0.05, 0) is 78.7 Å². The highest BCUT2D eigenvalue weighted by molar-refractivity contribution is 6.40. The van der Waals surface area contributed by atoms with Crippen molar-refractivity contribution in [2.24, 2.45) is 5.73 Å². The van der Waals surface area contributed by atoms with Crippen LogP contribution in [0.5, 0.6) is 11.5 Å². The van der Waals surface area contributed by atoms with E-state index in [1.54, 1.807) is 36.4 Å². The molecule has 0 heterocycles. The third kappa shape index (κ3) is 11.0. The summed E-state index contributed by atoms with van der Waals surface area (Å²) in [6.45, 7) is 1.02. The summed E-state index contributed by atoms with van der Waals surface area (Å²) in [5.41, 5.74) is 7.60. The largest absolute Gasteiger partial charge is 0.508 e. The van der Waals surface area contributed by atoms with Crippen LogP contribution >= 0.6 is 47.2 Å². The van der Waals surface area contributed by atoms with Crippen molar-refractivity contribution in [2.45, 2.75) is 25.4 Å². The molecule has 0 aliphatic heterocycles. The summed E-state index contributed by atoms with van der Waals surface area (Å²) in [5, 5.41) is 17.9. The Bertz CT molecular complexity index is 1820. The lowest BCUT2D eigenvalue weighted by Gasteiger charge is -2.18. The first kappa shape index (κ1) is 39.9. The van der Waals surface area contributed by atoms with Crippen molar-refractivity contribution in [3.63, 3.8) is 0 Å². The number of carbonyl (C=O) groups excluding carboxylic acids is 4. The SMILES string of the molecule is COC(=O)C(Cc1ccc(NC(=O)c2c(Cl)cc(OCCCN)cc2Cl)cc1)NC(=O)c1ccc(C(=O)NCc2cccc(O)c2)cc1Cl.Cl. The molecule has 4 aromatic carbocycles. The topological polar surface area (TPSA) is 169 Å². The number of rotatable bonds is 14. The maximum atomic E-state index is 13.2. The zero-order valence-corrected chi connectivity index (χ0v) is 29.7. The van der Waals surface area contributed by atoms with Gasteiger partial charge in [-0.25, -0.2) is 4.79 Å². The number of ether oxygens (including phenoxy) is 2. The number of nitrogens with one attached hydrogen (secondary N) is 3. The normalized spacial score (nSPS) is 11.1. The van der Waals surface area contributed by atoms with E-state index in [2.05, 4.69) is 16.0 Å². The van der Waals surface area contributed by atoms with Gasteiger partial charge in [-0.3, -0.25) is 14.4 Å². The molecule has 4 rings (SSSR count). The van der Waals surface area contributed by atoms with E-state index in [1.165, 1.54) is 49.6 Å². The molecule has 0 radical (unpaired) electrons. The molecule has 0 saturated heterocycles. The molecule has 0 spiro atoms. The predicted octanol–water partition coefficient (Wildman–Crippen LogP) is 6.20. The highest BCUT2D eigenvalue weighted by atomic mass is 35.5. The average Bonchev–Trinajstić information content (AvgIpc) is 3.07. The standard InChI is InChI=1S/C35H33Cl3N4O7.ClH/c1-48-35(47)30(42-33(45)26-11-8-22(16-27(26)36)32(44)40-19-21-4-2-5-24(43)14-21)15-20-6-9-23(10-7-20)41-34(46)31-28(37)17-25(18-29(31)38)49-13-3-12-39;/h2,4-11,14,16-18,30,43H,3,12-13,15,19,39H2,1H3,(H,40,44)(H,41,46)(H,42,45);1H. The van der Waals surface area contributed by atoms with E-state index in [1.807, 2.05) is 0 Å². The second-order valence-electron chi connectivity index (χ2n) is 10.7. The molecule has 0 aliphatic rings. The quantitative estimate of drug-likeness (QED) is 0.0748. The third-order valence-corrected chi connectivity index (χ3v) is 8.05. The van der Waals surface area contributed by atoms with Gasteiger partial charge in [-0.2, -0.15) is 0 Å². The van der Waals surface area contributed by atoms with E-state index >= 15 is 0 Å². The first-order valence-corrected chi connectivity index (χ1v) is 16.1. The zero-order valence-electron chi connectivity index (χ0n) is 26.6. The Morgan fingerprint density at radius 3 is 2.16 bits per heavy atom. The Kier molecular flexibility index (Phi) is 15.2. The Hall–Kier alpha value is -4.52. The summed E-state index contributed by atoms with van der Waals surface area (Å²) in [6.07, 6.45) is 0.706. The Balaban J connectivity index is 0.00000676. The number of carbonyl (C=O) groups is 4. The van der Waals surface area contributed by atoms with Gasteiger partial charge in [0.2, 0.25) is 0 Å². The lowest BCUT2D eigenvalue weighted by atomic mass is 10.0. The molecule has 6 N–H and O–H groups in total. The molecular formula is C35H34Cl4N4O7. The second kappa shape index (κ2) is 19.0. The lowest BCUT2D eigenvalue weighted by molar-refractivity contribution is -0.142. The molecule has 3 amide bonds. The van der Waals surface area contributed by atoms with E-state index in [0.717, 1.165) is 0 Å². The summed E-state index contributed by atoms with van der Waals surface area (Å²) < 4.78 is 10.5. The van der Waals surface area contributed by atoms with Crippen molar-refractivity contribution < 1.29 is 33.8 Å². The van der Waals surface area contributed by atoms with Crippen LogP contribution in [0.25, 0.3) is 0 Å². The summed E-state index contributed by atoms with van der Waals surface area (Å²) in [5.74, 6) is -1.81. The number of methoxy groups -OCH3 is 1. The minimum absolute atomic E-state index is 0. The first-order chi connectivity index (χ1) is 23.5. The number of phenols is 1. The molecular weight excluding hydrogens is 730 g/mol. The molecule has 0 aromatic heterocycles. The van der Waals surface area contributed by atoms with Gasteiger partial charge in [-0.1, -0.05) is 59.1 Å². The third-order valence-electron chi connectivity index (χ3n) is 7.14. The van der Waals surface area contributed by atoms with Crippen LogP contribution in [-0.4, -0.2) is 55.1 Å². The number of benzene rings is 4. The molecule has 1 unspecified atom stereocenters. The molecule has 0 saturated carbocycles. The minimum Gasteiger partial charge on any atom is -0.508 e. The van der Waals surface area contributed by atoms with Crippen molar-refractivity contribution in [1.82, 2.24) is 10.6 Å². The number of nitrogens with two attached hydrogens (primary N) is 1. The smallest absolute Gasteiger partial charge is 0.328 e. The fourth-order valence-electron chi connectivity index (χ4n) is 4.64. The van der Waals surface area contributed by atoms with Gasteiger partial charge >= 0.3 is 5.97 Å². The van der Waals surface area contributed by atoms with Crippen LogP contribution in [0.3, 0.4) is 0 Å². The van der Waals surface area contributed by atoms with Crippen LogP contribution in [0.15, 0.2) is 78.9 Å². The monoisotopic (exact) mass is 762 g/mol. The summed E-state index contributed by atoms with van der Waals surface area (Å²) in [6, 6.07) is 19.1. The van der Waals surface area contributed by atoms with Crippen LogP contribution < -0.4 is 26.4 Å². The summed E-state index contributed by atoms with van der Waals surface area (Å²) in [4.78, 5) is 51.4. The molecule has 1 atom stereocenters. The van der Waals surface area contributed by atoms with Gasteiger partial charge < -0.3 is 36.3 Å². The highest BCUT2D eigenvalue weighted by Gasteiger charge is 2.24. The van der Waals surface area contributed by atoms with E-state index in [0.29, 0.717) is 42.1 Å². The molecule has 4 aromatic rings. The highest BCUT2D eigenvalue weighted by Crippen LogP contribution is 2.31.